The number of anilines is 1. The van der Waals surface area contributed by atoms with Gasteiger partial charge in [0.05, 0.1) is 27.9 Å². The van der Waals surface area contributed by atoms with Crippen molar-refractivity contribution < 1.29 is 14.7 Å². The van der Waals surface area contributed by atoms with Crippen LogP contribution in [0.2, 0.25) is 0 Å². The highest BCUT2D eigenvalue weighted by Crippen LogP contribution is 2.32. The third kappa shape index (κ3) is 2.99. The molecule has 1 aliphatic rings. The molecule has 0 aliphatic carbocycles. The molecule has 0 saturated heterocycles. The predicted molar refractivity (Wildman–Crippen MR) is 104 cm³/mol. The highest BCUT2D eigenvalue weighted by molar-refractivity contribution is 6.35. The number of phenolic OH excluding ortho intramolecular Hbond substituents is 1. The molecule has 6 nitrogen and oxygen atoms in total. The van der Waals surface area contributed by atoms with Crippen molar-refractivity contribution in [3.8, 4) is 17.9 Å². The minimum Gasteiger partial charge on any atom is -0.508 e. The molecule has 1 heterocycles. The van der Waals surface area contributed by atoms with Crippen LogP contribution in [-0.2, 0) is 6.42 Å². The zero-order chi connectivity index (χ0) is 20.5. The molecule has 0 aromatic heterocycles. The number of nitriles is 2. The summed E-state index contributed by atoms with van der Waals surface area (Å²) in [6.07, 6.45) is 0.424. The van der Waals surface area contributed by atoms with Crippen molar-refractivity contribution in [2.75, 3.05) is 4.90 Å². The van der Waals surface area contributed by atoms with Crippen LogP contribution in [0.5, 0.6) is 5.75 Å². The van der Waals surface area contributed by atoms with E-state index in [1.807, 2.05) is 12.1 Å². The summed E-state index contributed by atoms with van der Waals surface area (Å²) >= 11 is 0. The van der Waals surface area contributed by atoms with E-state index in [2.05, 4.69) is 0 Å². The van der Waals surface area contributed by atoms with Gasteiger partial charge < -0.3 is 5.11 Å². The Balaban J connectivity index is 1.75. The predicted octanol–water partition coefficient (Wildman–Crippen LogP) is 3.53. The molecule has 0 unspecified atom stereocenters. The second kappa shape index (κ2) is 6.95. The van der Waals surface area contributed by atoms with Gasteiger partial charge in [-0.05, 0) is 53.9 Å². The number of fused-ring (bicyclic) bond motifs is 1. The first-order valence-electron chi connectivity index (χ1n) is 8.76. The van der Waals surface area contributed by atoms with Crippen LogP contribution < -0.4 is 4.90 Å². The van der Waals surface area contributed by atoms with Crippen LogP contribution in [0.3, 0.4) is 0 Å². The van der Waals surface area contributed by atoms with Crippen LogP contribution >= 0.6 is 0 Å². The number of nitrogens with zero attached hydrogens (tertiary/aromatic N) is 3. The molecule has 0 radical (unpaired) electrons. The van der Waals surface area contributed by atoms with Crippen molar-refractivity contribution in [1.82, 2.24) is 0 Å². The smallest absolute Gasteiger partial charge is 0.266 e. The van der Waals surface area contributed by atoms with Gasteiger partial charge in [0.1, 0.15) is 17.9 Å². The van der Waals surface area contributed by atoms with Crippen LogP contribution in [0, 0.1) is 22.7 Å². The number of hydrogen-bond donors (Lipinski definition) is 1. The summed E-state index contributed by atoms with van der Waals surface area (Å²) in [6, 6.07) is 19.9. The number of imide groups is 1. The van der Waals surface area contributed by atoms with E-state index < -0.39 is 11.8 Å². The van der Waals surface area contributed by atoms with Crippen molar-refractivity contribution in [2.24, 2.45) is 0 Å². The monoisotopic (exact) mass is 379 g/mol. The molecule has 0 atom stereocenters. The Morgan fingerprint density at radius 2 is 1.59 bits per heavy atom. The van der Waals surface area contributed by atoms with Gasteiger partial charge >= 0.3 is 0 Å². The van der Waals surface area contributed by atoms with E-state index in [0.29, 0.717) is 23.1 Å². The number of carbonyl (C=O) groups is 2. The molecule has 6 heteroatoms. The first-order chi connectivity index (χ1) is 14.0. The number of rotatable bonds is 3. The van der Waals surface area contributed by atoms with Crippen LogP contribution in [-0.4, -0.2) is 16.9 Å². The van der Waals surface area contributed by atoms with Crippen LogP contribution in [0.4, 0.5) is 5.69 Å². The molecular weight excluding hydrogens is 366 g/mol. The number of phenols is 1. The van der Waals surface area contributed by atoms with E-state index in [-0.39, 0.29) is 22.6 Å². The molecule has 1 N–H and O–H groups in total. The minimum atomic E-state index is -0.467. The van der Waals surface area contributed by atoms with Crippen LogP contribution in [0.15, 0.2) is 60.7 Å². The standard InChI is InChI=1S/C23H13N3O3/c24-12-16-6-7-18(11-17(16)13-25)26-22(28)20-3-1-2-15(21(20)23(26)29)10-14-4-8-19(27)9-5-14/h1-9,11,27H,10H2. The first kappa shape index (κ1) is 18.0. The quantitative estimate of drug-likeness (QED) is 0.701. The summed E-state index contributed by atoms with van der Waals surface area (Å²) in [6.45, 7) is 0. The van der Waals surface area contributed by atoms with Crippen molar-refractivity contribution in [3.05, 3.63) is 94.0 Å². The van der Waals surface area contributed by atoms with Gasteiger partial charge in [-0.3, -0.25) is 9.59 Å². The molecule has 1 aliphatic heterocycles. The van der Waals surface area contributed by atoms with Crippen molar-refractivity contribution in [2.45, 2.75) is 6.42 Å². The number of carbonyl (C=O) groups excluding carboxylic acids is 2. The average molecular weight is 379 g/mol. The van der Waals surface area contributed by atoms with Gasteiger partial charge in [0.2, 0.25) is 0 Å². The van der Waals surface area contributed by atoms with E-state index in [0.717, 1.165) is 10.5 Å². The van der Waals surface area contributed by atoms with E-state index in [4.69, 9.17) is 5.26 Å². The number of aromatic hydroxyl groups is 1. The average Bonchev–Trinajstić information content (AvgIpc) is 3.00. The fraction of sp³-hybridized carbons (Fsp3) is 0.0435. The Kier molecular flexibility index (Phi) is 4.31. The summed E-state index contributed by atoms with van der Waals surface area (Å²) in [4.78, 5) is 27.1. The summed E-state index contributed by atoms with van der Waals surface area (Å²) < 4.78 is 0. The van der Waals surface area contributed by atoms with Crippen LogP contribution in [0.1, 0.15) is 43.0 Å². The second-order valence-corrected chi connectivity index (χ2v) is 6.58. The van der Waals surface area contributed by atoms with Gasteiger partial charge in [-0.25, -0.2) is 4.90 Å². The van der Waals surface area contributed by atoms with Gasteiger partial charge in [-0.15, -0.1) is 0 Å². The fourth-order valence-corrected chi connectivity index (χ4v) is 3.43. The number of amides is 2. The lowest BCUT2D eigenvalue weighted by atomic mass is 9.97. The first-order valence-corrected chi connectivity index (χ1v) is 8.76. The molecule has 0 bridgehead atoms. The molecular formula is C23H13N3O3. The van der Waals surface area contributed by atoms with Crippen molar-refractivity contribution >= 4 is 17.5 Å². The second-order valence-electron chi connectivity index (χ2n) is 6.58. The largest absolute Gasteiger partial charge is 0.508 e. The molecule has 0 spiro atoms. The lowest BCUT2D eigenvalue weighted by molar-refractivity contribution is 0.0926. The molecule has 29 heavy (non-hydrogen) atoms. The Morgan fingerprint density at radius 3 is 2.28 bits per heavy atom. The van der Waals surface area contributed by atoms with Crippen molar-refractivity contribution in [3.63, 3.8) is 0 Å². The maximum Gasteiger partial charge on any atom is 0.266 e. The molecule has 0 fully saturated rings. The van der Waals surface area contributed by atoms with Gasteiger partial charge in [-0.1, -0.05) is 24.3 Å². The van der Waals surface area contributed by atoms with Gasteiger partial charge in [0.15, 0.2) is 0 Å². The Hall–Kier alpha value is -4.42. The summed E-state index contributed by atoms with van der Waals surface area (Å²) in [5, 5.41) is 27.8. The molecule has 0 saturated carbocycles. The van der Waals surface area contributed by atoms with E-state index in [9.17, 15) is 20.0 Å². The Labute approximate surface area is 166 Å². The number of hydrogen-bond acceptors (Lipinski definition) is 5. The van der Waals surface area contributed by atoms with Gasteiger partial charge in [0.25, 0.3) is 11.8 Å². The van der Waals surface area contributed by atoms with Crippen LogP contribution in [0.25, 0.3) is 0 Å². The zero-order valence-corrected chi connectivity index (χ0v) is 15.1. The summed E-state index contributed by atoms with van der Waals surface area (Å²) in [7, 11) is 0. The minimum absolute atomic E-state index is 0.103. The van der Waals surface area contributed by atoms with Gasteiger partial charge in [0, 0.05) is 0 Å². The third-order valence-electron chi connectivity index (χ3n) is 4.83. The van der Waals surface area contributed by atoms with E-state index in [1.165, 1.54) is 18.2 Å². The van der Waals surface area contributed by atoms with Gasteiger partial charge in [-0.2, -0.15) is 10.5 Å². The van der Waals surface area contributed by atoms with Crippen molar-refractivity contribution in [1.29, 1.82) is 10.5 Å². The highest BCUT2D eigenvalue weighted by atomic mass is 16.3. The maximum atomic E-state index is 13.1. The highest BCUT2D eigenvalue weighted by Gasteiger charge is 2.38. The lowest BCUT2D eigenvalue weighted by Gasteiger charge is -2.14. The Bertz CT molecular complexity index is 1250. The molecule has 3 aromatic rings. The molecule has 2 amide bonds. The zero-order valence-electron chi connectivity index (χ0n) is 15.1. The topological polar surface area (TPSA) is 105 Å². The Morgan fingerprint density at radius 1 is 0.862 bits per heavy atom. The SMILES string of the molecule is N#Cc1ccc(N2C(=O)c3cccc(Cc4ccc(O)cc4)c3C2=O)cc1C#N. The number of benzene rings is 3. The normalized spacial score (nSPS) is 12.4. The molecule has 3 aromatic carbocycles. The summed E-state index contributed by atoms with van der Waals surface area (Å²) in [5.41, 5.74) is 2.75. The molecule has 4 rings (SSSR count). The van der Waals surface area contributed by atoms with E-state index in [1.54, 1.807) is 42.5 Å². The maximum absolute atomic E-state index is 13.1. The van der Waals surface area contributed by atoms with E-state index >= 15 is 0 Å². The summed E-state index contributed by atoms with van der Waals surface area (Å²) in [5.74, 6) is -0.780. The fourth-order valence-electron chi connectivity index (χ4n) is 3.43. The molecule has 138 valence electrons. The third-order valence-corrected chi connectivity index (χ3v) is 4.83. The lowest BCUT2D eigenvalue weighted by Crippen LogP contribution is -2.29.